The van der Waals surface area contributed by atoms with Gasteiger partial charge in [0, 0.05) is 20.0 Å². The van der Waals surface area contributed by atoms with Crippen LogP contribution in [0.4, 0.5) is 8.78 Å². The number of amides is 2. The first kappa shape index (κ1) is 21.7. The smallest absolute Gasteiger partial charge is 0.361 e. The van der Waals surface area contributed by atoms with Gasteiger partial charge in [-0.15, -0.1) is 0 Å². The third-order valence-corrected chi connectivity index (χ3v) is 5.14. The van der Waals surface area contributed by atoms with Crippen molar-refractivity contribution in [1.29, 1.82) is 0 Å². The van der Waals surface area contributed by atoms with Gasteiger partial charge in [0.25, 0.3) is 17.7 Å². The van der Waals surface area contributed by atoms with Crippen LogP contribution in [0.3, 0.4) is 0 Å². The predicted molar refractivity (Wildman–Crippen MR) is 102 cm³/mol. The summed E-state index contributed by atoms with van der Waals surface area (Å²) in [6.45, 7) is 0.468. The van der Waals surface area contributed by atoms with Gasteiger partial charge >= 0.3 is 5.63 Å². The summed E-state index contributed by atoms with van der Waals surface area (Å²) in [4.78, 5) is 38.0. The van der Waals surface area contributed by atoms with Crippen LogP contribution in [0.5, 0.6) is 0 Å². The van der Waals surface area contributed by atoms with Gasteiger partial charge in [0.15, 0.2) is 6.10 Å². The molecular formula is C20H23F2N3O5. The molecule has 0 saturated carbocycles. The Kier molecular flexibility index (Phi) is 6.06. The number of carbonyl (C=O) groups is 2. The molecule has 2 amide bonds. The standard InChI is InChI=1S/C20H23F2N3O5/c1-12-15(24(2)30-19(12)29)17(27)23-14(10-13-6-4-3-5-7-13)16(26)18(28)25-9-8-20(21,22)11-25/h3-7,14,16,26H,8-11H2,1-2H3,(H,23,27)/t14-,16-/m0/s1. The lowest BCUT2D eigenvalue weighted by Gasteiger charge is -2.27. The summed E-state index contributed by atoms with van der Waals surface area (Å²) >= 11 is 0. The van der Waals surface area contributed by atoms with E-state index in [2.05, 4.69) is 5.32 Å². The van der Waals surface area contributed by atoms with Crippen LogP contribution in [0.15, 0.2) is 39.6 Å². The van der Waals surface area contributed by atoms with E-state index in [1.165, 1.54) is 14.0 Å². The Morgan fingerprint density at radius 2 is 1.97 bits per heavy atom. The topological polar surface area (TPSA) is 105 Å². The highest BCUT2D eigenvalue weighted by molar-refractivity contribution is 5.94. The van der Waals surface area contributed by atoms with Gasteiger partial charge in [0.2, 0.25) is 0 Å². The lowest BCUT2D eigenvalue weighted by Crippen LogP contribution is -2.53. The maximum Gasteiger partial charge on any atom is 0.361 e. The number of aliphatic hydroxyl groups is 1. The highest BCUT2D eigenvalue weighted by Gasteiger charge is 2.43. The minimum Gasteiger partial charge on any atom is -0.381 e. The number of likely N-dealkylation sites (tertiary alicyclic amines) is 1. The summed E-state index contributed by atoms with van der Waals surface area (Å²) in [7, 11) is 1.38. The molecule has 30 heavy (non-hydrogen) atoms. The van der Waals surface area contributed by atoms with Crippen LogP contribution in [0, 0.1) is 6.92 Å². The van der Waals surface area contributed by atoms with Crippen molar-refractivity contribution in [3.05, 3.63) is 57.6 Å². The second-order valence-electron chi connectivity index (χ2n) is 7.43. The maximum absolute atomic E-state index is 13.5. The molecule has 2 atom stereocenters. The first-order valence-corrected chi connectivity index (χ1v) is 9.45. The van der Waals surface area contributed by atoms with Crippen molar-refractivity contribution >= 4 is 11.8 Å². The molecule has 1 aliphatic heterocycles. The van der Waals surface area contributed by atoms with Crippen molar-refractivity contribution in [2.75, 3.05) is 13.1 Å². The van der Waals surface area contributed by atoms with Gasteiger partial charge in [-0.1, -0.05) is 30.3 Å². The highest BCUT2D eigenvalue weighted by Crippen LogP contribution is 2.27. The summed E-state index contributed by atoms with van der Waals surface area (Å²) in [5, 5.41) is 13.2. The number of aromatic nitrogens is 1. The van der Waals surface area contributed by atoms with Crippen LogP contribution in [0.25, 0.3) is 0 Å². The number of aliphatic hydroxyl groups excluding tert-OH is 1. The molecule has 2 N–H and O–H groups in total. The molecule has 0 aliphatic carbocycles. The average molecular weight is 423 g/mol. The predicted octanol–water partition coefficient (Wildman–Crippen LogP) is 0.856. The van der Waals surface area contributed by atoms with Crippen molar-refractivity contribution in [3.8, 4) is 0 Å². The van der Waals surface area contributed by atoms with E-state index >= 15 is 0 Å². The molecule has 1 aromatic carbocycles. The molecule has 3 rings (SSSR count). The number of alkyl halides is 2. The van der Waals surface area contributed by atoms with E-state index in [-0.39, 0.29) is 24.2 Å². The molecule has 2 heterocycles. The number of nitrogens with one attached hydrogen (secondary N) is 1. The van der Waals surface area contributed by atoms with E-state index in [0.29, 0.717) is 0 Å². The third-order valence-electron chi connectivity index (χ3n) is 5.14. The highest BCUT2D eigenvalue weighted by atomic mass is 19.3. The minimum absolute atomic E-state index is 0.0505. The molecule has 1 aromatic heterocycles. The quantitative estimate of drug-likeness (QED) is 0.717. The lowest BCUT2D eigenvalue weighted by molar-refractivity contribution is -0.141. The number of aryl methyl sites for hydroxylation is 1. The van der Waals surface area contributed by atoms with Crippen molar-refractivity contribution in [2.24, 2.45) is 7.05 Å². The van der Waals surface area contributed by atoms with Gasteiger partial charge in [-0.25, -0.2) is 18.3 Å². The second-order valence-corrected chi connectivity index (χ2v) is 7.43. The fraction of sp³-hybridized carbons (Fsp3) is 0.450. The van der Waals surface area contributed by atoms with Crippen molar-refractivity contribution < 1.29 is 28.0 Å². The molecular weight excluding hydrogens is 400 g/mol. The van der Waals surface area contributed by atoms with Crippen LogP contribution >= 0.6 is 0 Å². The summed E-state index contributed by atoms with van der Waals surface area (Å²) in [6.07, 6.45) is -2.14. The van der Waals surface area contributed by atoms with Gasteiger partial charge in [-0.3, -0.25) is 9.59 Å². The van der Waals surface area contributed by atoms with Crippen LogP contribution in [-0.2, 0) is 18.3 Å². The molecule has 1 saturated heterocycles. The summed E-state index contributed by atoms with van der Waals surface area (Å²) in [5.74, 6) is -4.61. The van der Waals surface area contributed by atoms with Crippen molar-refractivity contribution in [1.82, 2.24) is 15.0 Å². The molecule has 10 heteroatoms. The Morgan fingerprint density at radius 1 is 1.30 bits per heavy atom. The van der Waals surface area contributed by atoms with Crippen LogP contribution in [-0.4, -0.2) is 57.7 Å². The number of hydrogen-bond donors (Lipinski definition) is 2. The van der Waals surface area contributed by atoms with Crippen LogP contribution in [0.2, 0.25) is 0 Å². The molecule has 2 aromatic rings. The number of nitrogens with zero attached hydrogens (tertiary/aromatic N) is 2. The maximum atomic E-state index is 13.5. The molecule has 0 radical (unpaired) electrons. The Labute approximate surface area is 171 Å². The summed E-state index contributed by atoms with van der Waals surface area (Å²) < 4.78 is 32.9. The van der Waals surface area contributed by atoms with E-state index < -0.39 is 48.5 Å². The number of rotatable bonds is 6. The van der Waals surface area contributed by atoms with Gasteiger partial charge in [-0.05, 0) is 18.9 Å². The fourth-order valence-electron chi connectivity index (χ4n) is 3.51. The summed E-state index contributed by atoms with van der Waals surface area (Å²) in [6, 6.07) is 7.69. The Morgan fingerprint density at radius 3 is 2.50 bits per heavy atom. The van der Waals surface area contributed by atoms with E-state index in [4.69, 9.17) is 4.52 Å². The Bertz CT molecular complexity index is 986. The second kappa shape index (κ2) is 8.39. The number of carbonyl (C=O) groups excluding carboxylic acids is 2. The monoisotopic (exact) mass is 423 g/mol. The van der Waals surface area contributed by atoms with Crippen LogP contribution < -0.4 is 10.9 Å². The average Bonchev–Trinajstić information content (AvgIpc) is 3.18. The van der Waals surface area contributed by atoms with Crippen LogP contribution in [0.1, 0.15) is 28.0 Å². The molecule has 0 spiro atoms. The molecule has 8 nitrogen and oxygen atoms in total. The first-order valence-electron chi connectivity index (χ1n) is 9.45. The number of halogens is 2. The van der Waals surface area contributed by atoms with E-state index in [1.54, 1.807) is 30.3 Å². The molecule has 0 bridgehead atoms. The van der Waals surface area contributed by atoms with E-state index in [9.17, 15) is 28.3 Å². The van der Waals surface area contributed by atoms with Gasteiger partial charge in [-0.2, -0.15) is 0 Å². The minimum atomic E-state index is -3.00. The SMILES string of the molecule is Cc1c(C(=O)N[C@@H](Cc2ccccc2)[C@H](O)C(=O)N2CCC(F)(F)C2)n(C)oc1=O. The number of hydrogen-bond acceptors (Lipinski definition) is 5. The van der Waals surface area contributed by atoms with Gasteiger partial charge in [0.1, 0.15) is 5.69 Å². The zero-order chi connectivity index (χ0) is 22.1. The first-order chi connectivity index (χ1) is 14.1. The van der Waals surface area contributed by atoms with E-state index in [1.807, 2.05) is 0 Å². The van der Waals surface area contributed by atoms with Crippen molar-refractivity contribution in [3.63, 3.8) is 0 Å². The van der Waals surface area contributed by atoms with Gasteiger partial charge < -0.3 is 19.8 Å². The fourth-order valence-corrected chi connectivity index (χ4v) is 3.51. The van der Waals surface area contributed by atoms with Gasteiger partial charge in [0.05, 0.1) is 18.2 Å². The van der Waals surface area contributed by atoms with E-state index in [0.717, 1.165) is 15.2 Å². The van der Waals surface area contributed by atoms with Crippen molar-refractivity contribution in [2.45, 2.75) is 37.8 Å². The normalized spacial score (nSPS) is 17.6. The third kappa shape index (κ3) is 4.59. The number of benzene rings is 1. The molecule has 162 valence electrons. The summed E-state index contributed by atoms with van der Waals surface area (Å²) in [5.41, 5.74) is 0.0660. The lowest BCUT2D eigenvalue weighted by atomic mass is 10.00. The largest absolute Gasteiger partial charge is 0.381 e. The molecule has 0 unspecified atom stereocenters. The zero-order valence-corrected chi connectivity index (χ0v) is 16.6. The molecule has 1 aliphatic rings. The zero-order valence-electron chi connectivity index (χ0n) is 16.6. The Balaban J connectivity index is 1.83. The Hall–Kier alpha value is -3.01. The molecule has 1 fully saturated rings.